The van der Waals surface area contributed by atoms with E-state index in [4.69, 9.17) is 4.74 Å². The Hall–Kier alpha value is -1.31. The highest BCUT2D eigenvalue weighted by Gasteiger charge is 2.07. The quantitative estimate of drug-likeness (QED) is 0.266. The summed E-state index contributed by atoms with van der Waals surface area (Å²) in [5.41, 5.74) is 1.10. The van der Waals surface area contributed by atoms with Gasteiger partial charge in [-0.3, -0.25) is 4.79 Å². The molecule has 0 unspecified atom stereocenters. The normalized spacial score (nSPS) is 10.6. The standard InChI is InChI=1S/C20H32O2/c1-3-5-6-7-8-9-10-11-12-17-20(21)22-19-16-14-13-15-18(19)4-2/h13-16H,3-12,17H2,1-2H3. The van der Waals surface area contributed by atoms with Crippen LogP contribution in [0.2, 0.25) is 0 Å². The second-order valence-electron chi connectivity index (χ2n) is 6.01. The van der Waals surface area contributed by atoms with Crippen LogP contribution in [-0.4, -0.2) is 5.97 Å². The Kier molecular flexibility index (Phi) is 10.4. The summed E-state index contributed by atoms with van der Waals surface area (Å²) in [6.45, 7) is 4.32. The second-order valence-corrected chi connectivity index (χ2v) is 6.01. The molecule has 0 bridgehead atoms. The monoisotopic (exact) mass is 304 g/mol. The zero-order chi connectivity index (χ0) is 16.0. The van der Waals surface area contributed by atoms with Gasteiger partial charge < -0.3 is 4.74 Å². The highest BCUT2D eigenvalue weighted by molar-refractivity contribution is 5.72. The van der Waals surface area contributed by atoms with Crippen LogP contribution < -0.4 is 4.74 Å². The van der Waals surface area contributed by atoms with E-state index in [0.717, 1.165) is 30.6 Å². The lowest BCUT2D eigenvalue weighted by Gasteiger charge is -2.08. The van der Waals surface area contributed by atoms with Crippen LogP contribution >= 0.6 is 0 Å². The molecule has 0 fully saturated rings. The van der Waals surface area contributed by atoms with Gasteiger partial charge in [-0.2, -0.15) is 0 Å². The van der Waals surface area contributed by atoms with Crippen LogP contribution in [0.25, 0.3) is 0 Å². The Balaban J connectivity index is 2.06. The molecule has 0 radical (unpaired) electrons. The van der Waals surface area contributed by atoms with Crippen molar-refractivity contribution < 1.29 is 9.53 Å². The Morgan fingerprint density at radius 1 is 0.864 bits per heavy atom. The Morgan fingerprint density at radius 2 is 1.45 bits per heavy atom. The number of hydrogen-bond acceptors (Lipinski definition) is 2. The summed E-state index contributed by atoms with van der Waals surface area (Å²) in [5, 5.41) is 0. The predicted molar refractivity (Wildman–Crippen MR) is 93.3 cm³/mol. The van der Waals surface area contributed by atoms with E-state index in [9.17, 15) is 4.79 Å². The molecule has 0 atom stereocenters. The molecule has 0 spiro atoms. The topological polar surface area (TPSA) is 26.3 Å². The lowest BCUT2D eigenvalue weighted by atomic mass is 10.1. The van der Waals surface area contributed by atoms with Crippen molar-refractivity contribution in [1.29, 1.82) is 0 Å². The van der Waals surface area contributed by atoms with Crippen molar-refractivity contribution in [2.75, 3.05) is 0 Å². The van der Waals surface area contributed by atoms with E-state index < -0.39 is 0 Å². The van der Waals surface area contributed by atoms with Crippen molar-refractivity contribution >= 4 is 5.97 Å². The first-order valence-electron chi connectivity index (χ1n) is 9.06. The first-order valence-corrected chi connectivity index (χ1v) is 9.06. The van der Waals surface area contributed by atoms with E-state index in [0.29, 0.717) is 6.42 Å². The highest BCUT2D eigenvalue weighted by Crippen LogP contribution is 2.19. The van der Waals surface area contributed by atoms with Crippen molar-refractivity contribution in [2.45, 2.75) is 84.5 Å². The van der Waals surface area contributed by atoms with E-state index in [2.05, 4.69) is 13.8 Å². The fraction of sp³-hybridized carbons (Fsp3) is 0.650. The number of benzene rings is 1. The van der Waals surface area contributed by atoms with Gasteiger partial charge in [0.1, 0.15) is 5.75 Å². The number of para-hydroxylation sites is 1. The van der Waals surface area contributed by atoms with Gasteiger partial charge >= 0.3 is 5.97 Å². The van der Waals surface area contributed by atoms with Crippen LogP contribution in [0, 0.1) is 0 Å². The van der Waals surface area contributed by atoms with Crippen molar-refractivity contribution in [3.63, 3.8) is 0 Å². The highest BCUT2D eigenvalue weighted by atomic mass is 16.5. The van der Waals surface area contributed by atoms with Crippen LogP contribution in [0.1, 0.15) is 83.6 Å². The molecule has 1 aromatic carbocycles. The fourth-order valence-electron chi connectivity index (χ4n) is 2.65. The number of rotatable bonds is 12. The number of esters is 1. The minimum atomic E-state index is -0.0937. The van der Waals surface area contributed by atoms with Crippen molar-refractivity contribution in [1.82, 2.24) is 0 Å². The van der Waals surface area contributed by atoms with Crippen LogP contribution in [0.4, 0.5) is 0 Å². The van der Waals surface area contributed by atoms with Crippen LogP contribution in [0.15, 0.2) is 24.3 Å². The van der Waals surface area contributed by atoms with Gasteiger partial charge in [-0.1, -0.05) is 83.4 Å². The molecule has 0 aliphatic carbocycles. The first-order chi connectivity index (χ1) is 10.8. The molecule has 0 aliphatic rings. The summed E-state index contributed by atoms with van der Waals surface area (Å²) in [4.78, 5) is 11.9. The number of carbonyl (C=O) groups is 1. The van der Waals surface area contributed by atoms with Crippen molar-refractivity contribution in [2.24, 2.45) is 0 Å². The van der Waals surface area contributed by atoms with Gasteiger partial charge in [0.05, 0.1) is 0 Å². The van der Waals surface area contributed by atoms with Gasteiger partial charge in [0.25, 0.3) is 0 Å². The number of unbranched alkanes of at least 4 members (excludes halogenated alkanes) is 8. The maximum absolute atomic E-state index is 11.9. The lowest BCUT2D eigenvalue weighted by molar-refractivity contribution is -0.134. The van der Waals surface area contributed by atoms with Gasteiger partial charge in [-0.15, -0.1) is 0 Å². The molecule has 1 aromatic rings. The largest absolute Gasteiger partial charge is 0.426 e. The van der Waals surface area contributed by atoms with Crippen LogP contribution in [0.3, 0.4) is 0 Å². The number of carbonyl (C=O) groups excluding carboxylic acids is 1. The average molecular weight is 304 g/mol. The van der Waals surface area contributed by atoms with Crippen LogP contribution in [-0.2, 0) is 11.2 Å². The summed E-state index contributed by atoms with van der Waals surface area (Å²) in [6.07, 6.45) is 12.8. The van der Waals surface area contributed by atoms with Gasteiger partial charge in [-0.25, -0.2) is 0 Å². The molecule has 0 saturated heterocycles. The molecule has 0 saturated carbocycles. The Bertz CT molecular complexity index is 412. The number of aryl methyl sites for hydroxylation is 1. The number of hydrogen-bond donors (Lipinski definition) is 0. The molecule has 0 amide bonds. The molecule has 22 heavy (non-hydrogen) atoms. The molecule has 0 N–H and O–H groups in total. The summed E-state index contributed by atoms with van der Waals surface area (Å²) < 4.78 is 5.47. The van der Waals surface area contributed by atoms with E-state index >= 15 is 0 Å². The predicted octanol–water partition coefficient (Wildman–Crippen LogP) is 6.08. The minimum absolute atomic E-state index is 0.0937. The molecule has 2 nitrogen and oxygen atoms in total. The second kappa shape index (κ2) is 12.3. The Labute approximate surface area is 136 Å². The molecule has 1 rings (SSSR count). The third-order valence-corrected chi connectivity index (χ3v) is 4.06. The molecule has 0 aromatic heterocycles. The summed E-state index contributed by atoms with van der Waals surface area (Å²) in [5.74, 6) is 0.634. The first kappa shape index (κ1) is 18.7. The average Bonchev–Trinajstić information content (AvgIpc) is 2.54. The van der Waals surface area contributed by atoms with E-state index in [1.807, 2.05) is 24.3 Å². The molecular weight excluding hydrogens is 272 g/mol. The van der Waals surface area contributed by atoms with Gasteiger partial charge in [0, 0.05) is 6.42 Å². The Morgan fingerprint density at radius 3 is 2.09 bits per heavy atom. The lowest BCUT2D eigenvalue weighted by Crippen LogP contribution is -2.08. The summed E-state index contributed by atoms with van der Waals surface area (Å²) in [6, 6.07) is 7.80. The minimum Gasteiger partial charge on any atom is -0.426 e. The molecule has 2 heteroatoms. The summed E-state index contributed by atoms with van der Waals surface area (Å²) >= 11 is 0. The molecule has 0 aliphatic heterocycles. The van der Waals surface area contributed by atoms with Crippen molar-refractivity contribution in [3.05, 3.63) is 29.8 Å². The third-order valence-electron chi connectivity index (χ3n) is 4.06. The van der Waals surface area contributed by atoms with E-state index in [1.54, 1.807) is 0 Å². The van der Waals surface area contributed by atoms with E-state index in [-0.39, 0.29) is 5.97 Å². The maximum atomic E-state index is 11.9. The number of ether oxygens (including phenoxy) is 1. The zero-order valence-corrected chi connectivity index (χ0v) is 14.4. The zero-order valence-electron chi connectivity index (χ0n) is 14.4. The maximum Gasteiger partial charge on any atom is 0.311 e. The smallest absolute Gasteiger partial charge is 0.311 e. The van der Waals surface area contributed by atoms with Gasteiger partial charge in [0.15, 0.2) is 0 Å². The fourth-order valence-corrected chi connectivity index (χ4v) is 2.65. The SMILES string of the molecule is CCCCCCCCCCCC(=O)Oc1ccccc1CC. The van der Waals surface area contributed by atoms with Gasteiger partial charge in [0.2, 0.25) is 0 Å². The third kappa shape index (κ3) is 8.21. The molecule has 124 valence electrons. The van der Waals surface area contributed by atoms with E-state index in [1.165, 1.54) is 44.9 Å². The summed E-state index contributed by atoms with van der Waals surface area (Å²) in [7, 11) is 0. The van der Waals surface area contributed by atoms with Gasteiger partial charge in [-0.05, 0) is 24.5 Å². The van der Waals surface area contributed by atoms with Crippen molar-refractivity contribution in [3.8, 4) is 5.75 Å². The molecule has 0 heterocycles. The van der Waals surface area contributed by atoms with Crippen LogP contribution in [0.5, 0.6) is 5.75 Å². The molecular formula is C20H32O2.